The Labute approximate surface area is 158 Å². The minimum Gasteiger partial charge on any atom is -0.331 e. The molecule has 6 heteroatoms. The fourth-order valence-corrected chi connectivity index (χ4v) is 4.52. The molecule has 0 amide bonds. The Kier molecular flexibility index (Phi) is 4.84. The van der Waals surface area contributed by atoms with Gasteiger partial charge in [-0.15, -0.1) is 0 Å². The predicted molar refractivity (Wildman–Crippen MR) is 97.5 cm³/mol. The number of likely N-dealkylation sites (N-methyl/N-ethyl adjacent to an activating group) is 1. The highest BCUT2D eigenvalue weighted by atomic mass is 35.5. The molecule has 0 spiro atoms. The summed E-state index contributed by atoms with van der Waals surface area (Å²) in [6.45, 7) is 4.54. The number of rotatable bonds is 2. The van der Waals surface area contributed by atoms with E-state index in [2.05, 4.69) is 25.1 Å². The SMILES string of the molecule is CC[NH+]1CC=C2C(C#N)C(=N)C(C#N)(C#N)[C@@H](c3cccc(Cl)c3)[C@@H]2C1. The van der Waals surface area contributed by atoms with Gasteiger partial charge in [-0.25, -0.2) is 0 Å². The van der Waals surface area contributed by atoms with E-state index in [-0.39, 0.29) is 11.6 Å². The summed E-state index contributed by atoms with van der Waals surface area (Å²) >= 11 is 6.18. The van der Waals surface area contributed by atoms with Crippen molar-refractivity contribution < 1.29 is 4.90 Å². The monoisotopic (exact) mass is 364 g/mol. The first kappa shape index (κ1) is 18.2. The van der Waals surface area contributed by atoms with Crippen LogP contribution >= 0.6 is 11.6 Å². The van der Waals surface area contributed by atoms with E-state index in [1.54, 1.807) is 18.2 Å². The van der Waals surface area contributed by atoms with Gasteiger partial charge in [0.05, 0.1) is 43.6 Å². The third kappa shape index (κ3) is 2.60. The van der Waals surface area contributed by atoms with Gasteiger partial charge in [0.1, 0.15) is 5.92 Å². The summed E-state index contributed by atoms with van der Waals surface area (Å²) < 4.78 is 0. The molecule has 0 radical (unpaired) electrons. The molecular formula is C20H19ClN5+. The van der Waals surface area contributed by atoms with Crippen LogP contribution < -0.4 is 4.90 Å². The lowest BCUT2D eigenvalue weighted by atomic mass is 9.54. The second-order valence-corrected chi connectivity index (χ2v) is 7.30. The number of benzene rings is 1. The van der Waals surface area contributed by atoms with Crippen molar-refractivity contribution in [1.29, 1.82) is 21.2 Å². The number of halogens is 1. The largest absolute Gasteiger partial charge is 0.331 e. The molecule has 3 rings (SSSR count). The lowest BCUT2D eigenvalue weighted by Crippen LogP contribution is -3.13. The fraction of sp³-hybridized carbons (Fsp3) is 0.400. The zero-order chi connectivity index (χ0) is 18.9. The van der Waals surface area contributed by atoms with Crippen molar-refractivity contribution in [2.24, 2.45) is 17.3 Å². The molecule has 2 aliphatic rings. The zero-order valence-corrected chi connectivity index (χ0v) is 15.2. The van der Waals surface area contributed by atoms with E-state index in [4.69, 9.17) is 17.0 Å². The van der Waals surface area contributed by atoms with Crippen molar-refractivity contribution in [2.75, 3.05) is 19.6 Å². The van der Waals surface area contributed by atoms with Crippen molar-refractivity contribution >= 4 is 17.3 Å². The first-order chi connectivity index (χ1) is 12.5. The average molecular weight is 365 g/mol. The van der Waals surface area contributed by atoms with Crippen LogP contribution in [0.1, 0.15) is 18.4 Å². The van der Waals surface area contributed by atoms with Gasteiger partial charge in [-0.05, 0) is 36.3 Å². The van der Waals surface area contributed by atoms with Gasteiger partial charge in [-0.1, -0.05) is 23.7 Å². The van der Waals surface area contributed by atoms with Crippen molar-refractivity contribution in [3.05, 3.63) is 46.5 Å². The minimum atomic E-state index is -1.66. The Morgan fingerprint density at radius 2 is 2.04 bits per heavy atom. The van der Waals surface area contributed by atoms with Crippen LogP contribution in [0.3, 0.4) is 0 Å². The van der Waals surface area contributed by atoms with Crippen LogP contribution in [0.5, 0.6) is 0 Å². The maximum atomic E-state index is 9.96. The molecule has 130 valence electrons. The van der Waals surface area contributed by atoms with E-state index in [9.17, 15) is 15.8 Å². The van der Waals surface area contributed by atoms with Gasteiger partial charge in [-0.2, -0.15) is 15.8 Å². The predicted octanol–water partition coefficient (Wildman–Crippen LogP) is 2.09. The smallest absolute Gasteiger partial charge is 0.189 e. The highest BCUT2D eigenvalue weighted by Gasteiger charge is 2.58. The molecule has 0 aromatic heterocycles. The molecule has 1 heterocycles. The standard InChI is InChI=1S/C20H18ClN5/c1-2-26-7-6-15-16(9-22)19(25)20(11-23,12-24)18(17(15)10-26)13-4-3-5-14(21)8-13/h3-6,8,16-18,25H,2,7,10H2,1H3/p+1/t16?,17-,18+/m1/s1. The molecule has 0 bridgehead atoms. The quantitative estimate of drug-likeness (QED) is 0.786. The minimum absolute atomic E-state index is 0.113. The Balaban J connectivity index is 2.26. The second kappa shape index (κ2) is 6.93. The summed E-state index contributed by atoms with van der Waals surface area (Å²) in [6.07, 6.45) is 2.03. The molecule has 2 N–H and O–H groups in total. The van der Waals surface area contributed by atoms with Gasteiger partial charge in [0.25, 0.3) is 0 Å². The lowest BCUT2D eigenvalue weighted by Gasteiger charge is -2.46. The van der Waals surface area contributed by atoms with Gasteiger partial charge in [-0.3, -0.25) is 0 Å². The number of hydrogen-bond acceptors (Lipinski definition) is 4. The Bertz CT molecular complexity index is 884. The molecule has 1 fully saturated rings. The third-order valence-corrected chi connectivity index (χ3v) is 5.90. The number of nitrogens with zero attached hydrogens (tertiary/aromatic N) is 3. The van der Waals surface area contributed by atoms with E-state index in [1.807, 2.05) is 12.1 Å². The normalized spacial score (nSPS) is 29.5. The van der Waals surface area contributed by atoms with Crippen LogP contribution in [0.15, 0.2) is 35.9 Å². The van der Waals surface area contributed by atoms with E-state index in [0.29, 0.717) is 5.02 Å². The fourth-order valence-electron chi connectivity index (χ4n) is 4.33. The number of nitrogens with one attached hydrogen (secondary N) is 2. The summed E-state index contributed by atoms with van der Waals surface area (Å²) in [5.41, 5.74) is -0.128. The molecular weight excluding hydrogens is 346 g/mol. The van der Waals surface area contributed by atoms with Crippen LogP contribution in [0.25, 0.3) is 0 Å². The molecule has 1 aliphatic carbocycles. The van der Waals surface area contributed by atoms with Crippen molar-refractivity contribution in [2.45, 2.75) is 12.8 Å². The van der Waals surface area contributed by atoms with E-state index in [1.165, 1.54) is 4.90 Å². The second-order valence-electron chi connectivity index (χ2n) is 6.86. The van der Waals surface area contributed by atoms with Crippen LogP contribution in [0, 0.1) is 56.7 Å². The van der Waals surface area contributed by atoms with Gasteiger partial charge in [0.2, 0.25) is 0 Å². The lowest BCUT2D eigenvalue weighted by molar-refractivity contribution is -0.897. The molecule has 5 nitrogen and oxygen atoms in total. The summed E-state index contributed by atoms with van der Waals surface area (Å²) in [5, 5.41) is 38.7. The number of quaternary nitrogens is 1. The van der Waals surface area contributed by atoms with Crippen LogP contribution in [0.4, 0.5) is 0 Å². The molecule has 26 heavy (non-hydrogen) atoms. The summed E-state index contributed by atoms with van der Waals surface area (Å²) in [6, 6.07) is 13.5. The molecule has 2 unspecified atom stereocenters. The van der Waals surface area contributed by atoms with Gasteiger partial charge >= 0.3 is 0 Å². The van der Waals surface area contributed by atoms with Gasteiger partial charge < -0.3 is 10.3 Å². The van der Waals surface area contributed by atoms with Gasteiger partial charge in [0.15, 0.2) is 5.41 Å². The first-order valence-corrected chi connectivity index (χ1v) is 9.00. The van der Waals surface area contributed by atoms with Crippen LogP contribution in [-0.2, 0) is 0 Å². The summed E-state index contributed by atoms with van der Waals surface area (Å²) in [5.74, 6) is -1.47. The number of fused-ring (bicyclic) bond motifs is 1. The number of nitriles is 3. The summed E-state index contributed by atoms with van der Waals surface area (Å²) in [7, 11) is 0. The Hall–Kier alpha value is -2.65. The van der Waals surface area contributed by atoms with E-state index >= 15 is 0 Å². The zero-order valence-electron chi connectivity index (χ0n) is 14.5. The molecule has 4 atom stereocenters. The highest BCUT2D eigenvalue weighted by molar-refractivity contribution is 6.30. The average Bonchev–Trinajstić information content (AvgIpc) is 2.66. The molecule has 1 saturated carbocycles. The van der Waals surface area contributed by atoms with Gasteiger partial charge in [0, 0.05) is 16.9 Å². The van der Waals surface area contributed by atoms with Crippen molar-refractivity contribution in [3.8, 4) is 18.2 Å². The number of hydrogen-bond donors (Lipinski definition) is 2. The van der Waals surface area contributed by atoms with Crippen LogP contribution in [0.2, 0.25) is 5.02 Å². The van der Waals surface area contributed by atoms with E-state index in [0.717, 1.165) is 30.8 Å². The molecule has 1 aromatic carbocycles. The maximum Gasteiger partial charge on any atom is 0.189 e. The summed E-state index contributed by atoms with van der Waals surface area (Å²) in [4.78, 5) is 1.33. The van der Waals surface area contributed by atoms with Crippen molar-refractivity contribution in [1.82, 2.24) is 0 Å². The Morgan fingerprint density at radius 3 is 2.62 bits per heavy atom. The first-order valence-electron chi connectivity index (χ1n) is 8.62. The molecule has 1 aliphatic heterocycles. The highest BCUT2D eigenvalue weighted by Crippen LogP contribution is 2.52. The Morgan fingerprint density at radius 1 is 1.31 bits per heavy atom. The van der Waals surface area contributed by atoms with Crippen LogP contribution in [-0.4, -0.2) is 25.3 Å². The van der Waals surface area contributed by atoms with E-state index < -0.39 is 17.3 Å². The topological polar surface area (TPSA) is 99.7 Å². The molecule has 0 saturated heterocycles. The molecule has 1 aromatic rings. The maximum absolute atomic E-state index is 9.96. The third-order valence-electron chi connectivity index (χ3n) is 5.67. The van der Waals surface area contributed by atoms with Crippen molar-refractivity contribution in [3.63, 3.8) is 0 Å².